The van der Waals surface area contributed by atoms with E-state index in [-0.39, 0.29) is 0 Å². The van der Waals surface area contributed by atoms with E-state index >= 15 is 0 Å². The minimum absolute atomic E-state index is 0.495. The summed E-state index contributed by atoms with van der Waals surface area (Å²) in [5, 5.41) is 15.1. The first kappa shape index (κ1) is 16.1. The van der Waals surface area contributed by atoms with Gasteiger partial charge in [0.15, 0.2) is 0 Å². The molecule has 3 aromatic rings. The Labute approximate surface area is 145 Å². The van der Waals surface area contributed by atoms with Gasteiger partial charge in [-0.3, -0.25) is 0 Å². The summed E-state index contributed by atoms with van der Waals surface area (Å²) in [7, 11) is 0. The van der Waals surface area contributed by atoms with Crippen LogP contribution in [0, 0.1) is 5.21 Å². The van der Waals surface area contributed by atoms with Gasteiger partial charge in [-0.15, -0.1) is 0 Å². The van der Waals surface area contributed by atoms with E-state index in [1.54, 1.807) is 18.2 Å². The SMILES string of the molecule is CCc1c(CC)c2ccccc2[n+]([O-])c1-c1c(Cl)cccc1Cl. The van der Waals surface area contributed by atoms with Crippen molar-refractivity contribution in [1.29, 1.82) is 0 Å². The Bertz CT molecular complexity index is 870. The van der Waals surface area contributed by atoms with Crippen LogP contribution in [0.1, 0.15) is 25.0 Å². The van der Waals surface area contributed by atoms with Crippen molar-refractivity contribution in [1.82, 2.24) is 0 Å². The second kappa shape index (κ2) is 6.38. The monoisotopic (exact) mass is 345 g/mol. The van der Waals surface area contributed by atoms with Crippen LogP contribution < -0.4 is 4.73 Å². The molecule has 4 heteroatoms. The normalized spacial score (nSPS) is 11.1. The fourth-order valence-corrected chi connectivity index (χ4v) is 3.79. The molecule has 0 N–H and O–H groups in total. The van der Waals surface area contributed by atoms with Crippen molar-refractivity contribution in [3.8, 4) is 11.3 Å². The van der Waals surface area contributed by atoms with Crippen molar-refractivity contribution < 1.29 is 4.73 Å². The summed E-state index contributed by atoms with van der Waals surface area (Å²) in [6.07, 6.45) is 1.59. The maximum absolute atomic E-state index is 13.1. The Kier molecular flexibility index (Phi) is 4.47. The summed E-state index contributed by atoms with van der Waals surface area (Å²) in [6, 6.07) is 13.0. The lowest BCUT2D eigenvalue weighted by atomic mass is 9.93. The van der Waals surface area contributed by atoms with E-state index in [0.29, 0.717) is 26.8 Å². The van der Waals surface area contributed by atoms with Gasteiger partial charge in [0.05, 0.1) is 21.0 Å². The third-order valence-corrected chi connectivity index (χ3v) is 4.84. The van der Waals surface area contributed by atoms with Crippen molar-refractivity contribution in [3.63, 3.8) is 0 Å². The van der Waals surface area contributed by atoms with E-state index in [4.69, 9.17) is 23.2 Å². The zero-order valence-electron chi connectivity index (χ0n) is 13.1. The van der Waals surface area contributed by atoms with Gasteiger partial charge >= 0.3 is 0 Å². The molecule has 0 saturated carbocycles. The average Bonchev–Trinajstić information content (AvgIpc) is 2.56. The lowest BCUT2D eigenvalue weighted by Crippen LogP contribution is -2.33. The lowest BCUT2D eigenvalue weighted by molar-refractivity contribution is -0.565. The van der Waals surface area contributed by atoms with Crippen molar-refractivity contribution >= 4 is 34.1 Å². The highest BCUT2D eigenvalue weighted by molar-refractivity contribution is 6.39. The summed E-state index contributed by atoms with van der Waals surface area (Å²) in [4.78, 5) is 0. The highest BCUT2D eigenvalue weighted by Gasteiger charge is 2.26. The highest BCUT2D eigenvalue weighted by atomic mass is 35.5. The molecule has 0 atom stereocenters. The first-order chi connectivity index (χ1) is 11.1. The number of halogens is 2. The van der Waals surface area contributed by atoms with Crippen molar-refractivity contribution in [2.24, 2.45) is 0 Å². The minimum atomic E-state index is 0.495. The van der Waals surface area contributed by atoms with Gasteiger partial charge in [-0.25, -0.2) is 0 Å². The largest absolute Gasteiger partial charge is 0.618 e. The van der Waals surface area contributed by atoms with E-state index in [1.165, 1.54) is 5.56 Å². The second-order valence-electron chi connectivity index (χ2n) is 5.42. The quantitative estimate of drug-likeness (QED) is 0.450. The second-order valence-corrected chi connectivity index (χ2v) is 6.24. The molecule has 0 fully saturated rings. The first-order valence-corrected chi connectivity index (χ1v) is 8.46. The molecular formula is C19H17Cl2NO. The first-order valence-electron chi connectivity index (χ1n) is 7.70. The Morgan fingerprint density at radius 3 is 2.09 bits per heavy atom. The van der Waals surface area contributed by atoms with E-state index in [2.05, 4.69) is 13.8 Å². The molecule has 2 aromatic carbocycles. The minimum Gasteiger partial charge on any atom is -0.618 e. The van der Waals surface area contributed by atoms with Crippen LogP contribution in [0.5, 0.6) is 0 Å². The molecule has 0 aliphatic heterocycles. The number of hydrogen-bond donors (Lipinski definition) is 0. The number of benzene rings is 2. The van der Waals surface area contributed by atoms with Crippen LogP contribution in [0.2, 0.25) is 10.0 Å². The van der Waals surface area contributed by atoms with Crippen LogP contribution in [0.3, 0.4) is 0 Å². The standard InChI is InChI=1S/C19H17Cl2NO/c1-3-12-13(4-2)19(18-15(20)9-7-10-16(18)21)22(23)17-11-6-5-8-14(12)17/h5-11H,3-4H2,1-2H3. The van der Waals surface area contributed by atoms with Crippen LogP contribution >= 0.6 is 23.2 Å². The zero-order chi connectivity index (χ0) is 16.6. The zero-order valence-corrected chi connectivity index (χ0v) is 14.6. The van der Waals surface area contributed by atoms with Crippen molar-refractivity contribution in [2.45, 2.75) is 26.7 Å². The molecule has 0 amide bonds. The number of aromatic nitrogens is 1. The Balaban J connectivity index is 2.53. The molecule has 0 unspecified atom stereocenters. The Morgan fingerprint density at radius 2 is 1.48 bits per heavy atom. The predicted molar refractivity (Wildman–Crippen MR) is 97.1 cm³/mol. The van der Waals surface area contributed by atoms with Crippen molar-refractivity contribution in [2.75, 3.05) is 0 Å². The van der Waals surface area contributed by atoms with E-state index in [1.807, 2.05) is 24.3 Å². The molecule has 1 heterocycles. The molecule has 0 saturated heterocycles. The predicted octanol–water partition coefficient (Wildman–Crippen LogP) is 5.57. The average molecular weight is 346 g/mol. The van der Waals surface area contributed by atoms with Gasteiger partial charge in [-0.1, -0.05) is 55.2 Å². The smallest absolute Gasteiger partial charge is 0.230 e. The molecule has 0 spiro atoms. The van der Waals surface area contributed by atoms with Gasteiger partial charge in [-0.2, -0.15) is 4.73 Å². The molecule has 0 aliphatic carbocycles. The van der Waals surface area contributed by atoms with E-state index in [0.717, 1.165) is 28.5 Å². The number of nitrogens with zero attached hydrogens (tertiary/aromatic N) is 1. The topological polar surface area (TPSA) is 26.9 Å². The summed E-state index contributed by atoms with van der Waals surface area (Å²) < 4.78 is 0.973. The molecular weight excluding hydrogens is 329 g/mol. The van der Waals surface area contributed by atoms with Gasteiger partial charge in [0.1, 0.15) is 0 Å². The van der Waals surface area contributed by atoms with Gasteiger partial charge < -0.3 is 5.21 Å². The Hall–Kier alpha value is -1.77. The molecule has 0 aliphatic rings. The third-order valence-electron chi connectivity index (χ3n) is 4.21. The van der Waals surface area contributed by atoms with Crippen molar-refractivity contribution in [3.05, 3.63) is 68.8 Å². The summed E-state index contributed by atoms with van der Waals surface area (Å²) >= 11 is 12.8. The number of para-hydroxylation sites is 1. The van der Waals surface area contributed by atoms with E-state index in [9.17, 15) is 5.21 Å². The van der Waals surface area contributed by atoms with Gasteiger partial charge in [0.2, 0.25) is 11.2 Å². The van der Waals surface area contributed by atoms with Crippen LogP contribution in [-0.2, 0) is 12.8 Å². The number of fused-ring (bicyclic) bond motifs is 1. The van der Waals surface area contributed by atoms with Gasteiger partial charge in [0, 0.05) is 11.6 Å². The summed E-state index contributed by atoms with van der Waals surface area (Å²) in [5.41, 5.74) is 4.02. The molecule has 0 radical (unpaired) electrons. The number of pyridine rings is 1. The molecule has 118 valence electrons. The molecule has 0 bridgehead atoms. The fraction of sp³-hybridized carbons (Fsp3) is 0.211. The molecule has 3 rings (SSSR count). The third kappa shape index (κ3) is 2.56. The number of hydrogen-bond acceptors (Lipinski definition) is 1. The maximum atomic E-state index is 13.1. The number of rotatable bonds is 3. The van der Waals surface area contributed by atoms with Gasteiger partial charge in [-0.05, 0) is 36.6 Å². The molecule has 1 aromatic heterocycles. The molecule has 2 nitrogen and oxygen atoms in total. The highest BCUT2D eigenvalue weighted by Crippen LogP contribution is 2.37. The Morgan fingerprint density at radius 1 is 0.870 bits per heavy atom. The van der Waals surface area contributed by atoms with Crippen LogP contribution in [0.15, 0.2) is 42.5 Å². The fourth-order valence-electron chi connectivity index (χ4n) is 3.22. The van der Waals surface area contributed by atoms with Crippen LogP contribution in [0.25, 0.3) is 22.2 Å². The number of aryl methyl sites for hydroxylation is 1. The van der Waals surface area contributed by atoms with Crippen LogP contribution in [0.4, 0.5) is 0 Å². The van der Waals surface area contributed by atoms with E-state index < -0.39 is 0 Å². The lowest BCUT2D eigenvalue weighted by Gasteiger charge is -2.17. The summed E-state index contributed by atoms with van der Waals surface area (Å²) in [5.74, 6) is 0. The van der Waals surface area contributed by atoms with Crippen LogP contribution in [-0.4, -0.2) is 0 Å². The maximum Gasteiger partial charge on any atom is 0.230 e. The van der Waals surface area contributed by atoms with Gasteiger partial charge in [0.25, 0.3) is 0 Å². The molecule has 23 heavy (non-hydrogen) atoms. The summed E-state index contributed by atoms with van der Waals surface area (Å²) in [6.45, 7) is 4.16.